The van der Waals surface area contributed by atoms with E-state index in [0.717, 1.165) is 11.1 Å². The Morgan fingerprint density at radius 2 is 1.91 bits per heavy atom. The van der Waals surface area contributed by atoms with Crippen LogP contribution in [0.3, 0.4) is 0 Å². The molecule has 0 fully saturated rings. The maximum absolute atomic E-state index is 12.9. The third-order valence-corrected chi connectivity index (χ3v) is 5.80. The highest BCUT2D eigenvalue weighted by Crippen LogP contribution is 2.34. The van der Waals surface area contributed by atoms with Gasteiger partial charge in [-0.2, -0.15) is 0 Å². The first-order chi connectivity index (χ1) is 15.1. The molecule has 174 valence electrons. The minimum absolute atomic E-state index is 0.0368. The second kappa shape index (κ2) is 11.5. The maximum atomic E-state index is 12.9. The van der Waals surface area contributed by atoms with Gasteiger partial charge in [0, 0.05) is 17.8 Å². The molecule has 0 unspecified atom stereocenters. The molecule has 32 heavy (non-hydrogen) atoms. The fourth-order valence-electron chi connectivity index (χ4n) is 2.96. The van der Waals surface area contributed by atoms with Crippen LogP contribution in [0.4, 0.5) is 5.69 Å². The second-order valence-corrected chi connectivity index (χ2v) is 9.03. The van der Waals surface area contributed by atoms with Gasteiger partial charge >= 0.3 is 0 Å². The molecule has 2 aromatic rings. The van der Waals surface area contributed by atoms with Crippen LogP contribution in [0.5, 0.6) is 5.75 Å². The van der Waals surface area contributed by atoms with E-state index in [1.807, 2.05) is 19.9 Å². The van der Waals surface area contributed by atoms with Crippen molar-refractivity contribution in [3.05, 3.63) is 65.4 Å². The Labute approximate surface area is 190 Å². The quantitative estimate of drug-likeness (QED) is 0.331. The lowest BCUT2D eigenvalue weighted by Gasteiger charge is -2.18. The summed E-state index contributed by atoms with van der Waals surface area (Å²) in [7, 11) is -3.82. The zero-order chi connectivity index (χ0) is 23.7. The smallest absolute Gasteiger partial charge is 0.262 e. The first-order valence-electron chi connectivity index (χ1n) is 10.3. The minimum atomic E-state index is -3.82. The van der Waals surface area contributed by atoms with Gasteiger partial charge in [-0.3, -0.25) is 19.8 Å². The van der Waals surface area contributed by atoms with E-state index in [1.165, 1.54) is 6.07 Å². The first-order valence-corrected chi connectivity index (χ1v) is 11.8. The van der Waals surface area contributed by atoms with Crippen LogP contribution in [0.2, 0.25) is 0 Å². The molecule has 0 radical (unpaired) electrons. The van der Waals surface area contributed by atoms with Gasteiger partial charge in [0.1, 0.15) is 5.75 Å². The van der Waals surface area contributed by atoms with Crippen LogP contribution in [0.1, 0.15) is 30.5 Å². The lowest BCUT2D eigenvalue weighted by Crippen LogP contribution is -2.30. The standard InChI is InChI=1S/C23H31N3O5S/c1-6-30-23-20(15-22(27)24-12-13-31-25-16(2)3)18(5)10-11-21(23)26-32(28,29)19-9-7-8-17(4)14-19/h7-11,14,25-26H,2,6,12-13,15H2,1,3-5H3,(H,24,27). The Morgan fingerprint density at radius 1 is 1.16 bits per heavy atom. The molecule has 0 aliphatic rings. The van der Waals surface area contributed by atoms with Gasteiger partial charge in [-0.15, -0.1) is 0 Å². The van der Waals surface area contributed by atoms with Crippen molar-refractivity contribution in [1.29, 1.82) is 0 Å². The van der Waals surface area contributed by atoms with Crippen molar-refractivity contribution in [1.82, 2.24) is 10.8 Å². The third-order valence-electron chi connectivity index (χ3n) is 4.44. The molecule has 0 aliphatic heterocycles. The predicted octanol–water partition coefficient (Wildman–Crippen LogP) is 3.22. The summed E-state index contributed by atoms with van der Waals surface area (Å²) in [5.41, 5.74) is 5.85. The number of aryl methyl sites for hydroxylation is 2. The van der Waals surface area contributed by atoms with Crippen molar-refractivity contribution in [2.45, 2.75) is 39.0 Å². The number of anilines is 1. The molecule has 0 atom stereocenters. The van der Waals surface area contributed by atoms with Gasteiger partial charge in [-0.25, -0.2) is 8.42 Å². The van der Waals surface area contributed by atoms with E-state index in [1.54, 1.807) is 38.1 Å². The fraction of sp³-hybridized carbons (Fsp3) is 0.348. The highest BCUT2D eigenvalue weighted by molar-refractivity contribution is 7.92. The molecule has 0 saturated heterocycles. The number of hydrogen-bond donors (Lipinski definition) is 3. The van der Waals surface area contributed by atoms with E-state index >= 15 is 0 Å². The van der Waals surface area contributed by atoms with Gasteiger partial charge in [0.05, 0.1) is 30.2 Å². The van der Waals surface area contributed by atoms with Crippen LogP contribution in [0.15, 0.2) is 53.6 Å². The van der Waals surface area contributed by atoms with E-state index in [2.05, 4.69) is 22.1 Å². The van der Waals surface area contributed by atoms with Crippen LogP contribution in [-0.2, 0) is 26.1 Å². The maximum Gasteiger partial charge on any atom is 0.262 e. The van der Waals surface area contributed by atoms with Crippen LogP contribution < -0.4 is 20.3 Å². The summed E-state index contributed by atoms with van der Waals surface area (Å²) in [5.74, 6) is 0.116. The van der Waals surface area contributed by atoms with E-state index in [9.17, 15) is 13.2 Å². The van der Waals surface area contributed by atoms with E-state index < -0.39 is 10.0 Å². The Kier molecular flexibility index (Phi) is 9.10. The SMILES string of the molecule is C=C(C)NOCCNC(=O)Cc1c(C)ccc(NS(=O)(=O)c2cccc(C)c2)c1OCC. The molecule has 0 saturated carbocycles. The lowest BCUT2D eigenvalue weighted by atomic mass is 10.0. The van der Waals surface area contributed by atoms with Crippen molar-refractivity contribution in [2.24, 2.45) is 0 Å². The number of hydrogen-bond acceptors (Lipinski definition) is 6. The topological polar surface area (TPSA) is 106 Å². The lowest BCUT2D eigenvalue weighted by molar-refractivity contribution is -0.120. The molecular formula is C23H31N3O5S. The van der Waals surface area contributed by atoms with Crippen LogP contribution in [-0.4, -0.2) is 34.1 Å². The summed E-state index contributed by atoms with van der Waals surface area (Å²) in [6.07, 6.45) is 0.0368. The largest absolute Gasteiger partial charge is 0.491 e. The summed E-state index contributed by atoms with van der Waals surface area (Å²) in [6.45, 7) is 11.8. The number of benzene rings is 2. The molecule has 0 aliphatic carbocycles. The second-order valence-electron chi connectivity index (χ2n) is 7.35. The average Bonchev–Trinajstić information content (AvgIpc) is 2.72. The van der Waals surface area contributed by atoms with Crippen LogP contribution >= 0.6 is 0 Å². The minimum Gasteiger partial charge on any atom is -0.491 e. The van der Waals surface area contributed by atoms with Crippen LogP contribution in [0, 0.1) is 13.8 Å². The average molecular weight is 462 g/mol. The van der Waals surface area contributed by atoms with Crippen LogP contribution in [0.25, 0.3) is 0 Å². The highest BCUT2D eigenvalue weighted by atomic mass is 32.2. The molecule has 3 N–H and O–H groups in total. The molecule has 0 bridgehead atoms. The fourth-order valence-corrected chi connectivity index (χ4v) is 4.13. The first kappa shape index (κ1) is 25.2. The zero-order valence-electron chi connectivity index (χ0n) is 18.9. The van der Waals surface area contributed by atoms with Crippen molar-refractivity contribution >= 4 is 21.6 Å². The Morgan fingerprint density at radius 3 is 2.56 bits per heavy atom. The number of sulfonamides is 1. The summed E-state index contributed by atoms with van der Waals surface area (Å²) in [4.78, 5) is 17.8. The molecule has 0 spiro atoms. The Hall–Kier alpha value is -3.04. The molecular weight excluding hydrogens is 430 g/mol. The van der Waals surface area contributed by atoms with E-state index in [-0.39, 0.29) is 29.5 Å². The molecule has 0 aromatic heterocycles. The van der Waals surface area contributed by atoms with Gasteiger partial charge in [-0.1, -0.05) is 24.8 Å². The summed E-state index contributed by atoms with van der Waals surface area (Å²) < 4.78 is 34.2. The van der Waals surface area contributed by atoms with E-state index in [4.69, 9.17) is 9.57 Å². The normalized spacial score (nSPS) is 11.0. The molecule has 9 heteroatoms. The number of carbonyl (C=O) groups is 1. The van der Waals surface area contributed by atoms with Gasteiger partial charge in [-0.05, 0) is 57.0 Å². The summed E-state index contributed by atoms with van der Waals surface area (Å²) in [6, 6.07) is 10.0. The molecule has 2 aromatic carbocycles. The summed E-state index contributed by atoms with van der Waals surface area (Å²) >= 11 is 0. The van der Waals surface area contributed by atoms with E-state index in [0.29, 0.717) is 30.2 Å². The summed E-state index contributed by atoms with van der Waals surface area (Å²) in [5, 5.41) is 2.77. The zero-order valence-corrected chi connectivity index (χ0v) is 19.8. The number of carbonyl (C=O) groups excluding carboxylic acids is 1. The van der Waals surface area contributed by atoms with Gasteiger partial charge < -0.3 is 10.1 Å². The van der Waals surface area contributed by atoms with Gasteiger partial charge in [0.2, 0.25) is 5.91 Å². The molecule has 2 rings (SSSR count). The van der Waals surface area contributed by atoms with Gasteiger partial charge in [0.15, 0.2) is 0 Å². The van der Waals surface area contributed by atoms with Crippen molar-refractivity contribution in [3.8, 4) is 5.75 Å². The number of hydroxylamine groups is 1. The Bertz CT molecular complexity index is 1070. The Balaban J connectivity index is 2.21. The monoisotopic (exact) mass is 461 g/mol. The number of rotatable bonds is 12. The van der Waals surface area contributed by atoms with Crippen molar-refractivity contribution in [2.75, 3.05) is 24.5 Å². The number of allylic oxidation sites excluding steroid dienone is 1. The third kappa shape index (κ3) is 7.28. The number of nitrogens with one attached hydrogen (secondary N) is 3. The molecule has 0 heterocycles. The number of amides is 1. The van der Waals surface area contributed by atoms with Crippen molar-refractivity contribution < 1.29 is 22.8 Å². The van der Waals surface area contributed by atoms with Gasteiger partial charge in [0.25, 0.3) is 10.0 Å². The number of ether oxygens (including phenoxy) is 1. The molecule has 1 amide bonds. The molecule has 8 nitrogen and oxygen atoms in total. The predicted molar refractivity (Wildman–Crippen MR) is 125 cm³/mol. The van der Waals surface area contributed by atoms with Crippen molar-refractivity contribution in [3.63, 3.8) is 0 Å². The highest BCUT2D eigenvalue weighted by Gasteiger charge is 2.21.